The molecule has 2 aromatic carbocycles. The number of aryl methyl sites for hydroxylation is 1. The van der Waals surface area contributed by atoms with E-state index in [2.05, 4.69) is 0 Å². The maximum Gasteiger partial charge on any atom is 0.272 e. The summed E-state index contributed by atoms with van der Waals surface area (Å²) in [5, 5.41) is 0. The number of rotatable bonds is 5. The summed E-state index contributed by atoms with van der Waals surface area (Å²) >= 11 is 1.33. The van der Waals surface area contributed by atoms with E-state index in [-0.39, 0.29) is 11.8 Å². The lowest BCUT2D eigenvalue weighted by Crippen LogP contribution is -2.31. The van der Waals surface area contributed by atoms with Crippen LogP contribution in [0.5, 0.6) is 0 Å². The molecular weight excluding hydrogens is 358 g/mol. The Balaban J connectivity index is 1.74. The molecule has 0 spiro atoms. The lowest BCUT2D eigenvalue weighted by molar-refractivity contribution is -0.119. The molecule has 0 fully saturated rings. The van der Waals surface area contributed by atoms with E-state index in [0.717, 1.165) is 16.9 Å². The second-order valence-electron chi connectivity index (χ2n) is 6.22. The minimum atomic E-state index is -0.294. The van der Waals surface area contributed by atoms with Gasteiger partial charge in [0.25, 0.3) is 11.8 Å². The molecule has 5 heteroatoms. The van der Waals surface area contributed by atoms with Crippen LogP contribution in [0.15, 0.2) is 82.3 Å². The second kappa shape index (κ2) is 7.29. The van der Waals surface area contributed by atoms with Crippen molar-refractivity contribution in [3.05, 3.63) is 94.8 Å². The topological polar surface area (TPSA) is 50.5 Å². The van der Waals surface area contributed by atoms with E-state index >= 15 is 0 Å². The van der Waals surface area contributed by atoms with Crippen LogP contribution < -0.4 is 4.90 Å². The van der Waals surface area contributed by atoms with Crippen molar-refractivity contribution in [1.82, 2.24) is 0 Å². The van der Waals surface area contributed by atoms with E-state index in [1.54, 1.807) is 18.4 Å². The third-order valence-corrected chi connectivity index (χ3v) is 5.43. The number of furan rings is 1. The number of carbonyl (C=O) groups is 2. The van der Waals surface area contributed by atoms with E-state index in [1.165, 1.54) is 16.7 Å². The largest absolute Gasteiger partial charge is 0.468 e. The smallest absolute Gasteiger partial charge is 0.272 e. The summed E-state index contributed by atoms with van der Waals surface area (Å²) in [7, 11) is 0. The number of imide groups is 1. The van der Waals surface area contributed by atoms with E-state index in [1.807, 2.05) is 61.5 Å². The van der Waals surface area contributed by atoms with Crippen molar-refractivity contribution in [2.75, 3.05) is 4.90 Å². The van der Waals surface area contributed by atoms with Crippen LogP contribution in [0.2, 0.25) is 0 Å². The van der Waals surface area contributed by atoms with Gasteiger partial charge in [-0.15, -0.1) is 11.8 Å². The molecule has 0 saturated heterocycles. The van der Waals surface area contributed by atoms with Gasteiger partial charge < -0.3 is 4.42 Å². The van der Waals surface area contributed by atoms with Gasteiger partial charge in [0.2, 0.25) is 0 Å². The molecule has 0 atom stereocenters. The average molecular weight is 375 g/mol. The van der Waals surface area contributed by atoms with Gasteiger partial charge in [-0.2, -0.15) is 0 Å². The molecule has 134 valence electrons. The van der Waals surface area contributed by atoms with Crippen LogP contribution in [0.25, 0.3) is 5.57 Å². The van der Waals surface area contributed by atoms with Crippen LogP contribution in [-0.4, -0.2) is 11.8 Å². The maximum atomic E-state index is 13.2. The van der Waals surface area contributed by atoms with Crippen molar-refractivity contribution in [2.45, 2.75) is 12.7 Å². The Morgan fingerprint density at radius 1 is 0.889 bits per heavy atom. The normalized spacial score (nSPS) is 14.3. The number of thioether (sulfide) groups is 1. The number of nitrogens with zero attached hydrogens (tertiary/aromatic N) is 1. The monoisotopic (exact) mass is 375 g/mol. The minimum Gasteiger partial charge on any atom is -0.468 e. The number of hydrogen-bond acceptors (Lipinski definition) is 4. The van der Waals surface area contributed by atoms with Crippen LogP contribution in [0.3, 0.4) is 0 Å². The zero-order valence-corrected chi connectivity index (χ0v) is 15.5. The first-order valence-electron chi connectivity index (χ1n) is 8.55. The molecule has 0 bridgehead atoms. The van der Waals surface area contributed by atoms with Gasteiger partial charge in [0.1, 0.15) is 5.76 Å². The van der Waals surface area contributed by atoms with Gasteiger partial charge in [0.05, 0.1) is 28.2 Å². The summed E-state index contributed by atoms with van der Waals surface area (Å²) in [6.45, 7) is 1.97. The summed E-state index contributed by atoms with van der Waals surface area (Å²) in [5.74, 6) is 0.657. The van der Waals surface area contributed by atoms with Crippen molar-refractivity contribution >= 4 is 34.8 Å². The Hall–Kier alpha value is -3.05. The van der Waals surface area contributed by atoms with Gasteiger partial charge in [-0.05, 0) is 36.8 Å². The fraction of sp³-hybridized carbons (Fsp3) is 0.0909. The quantitative estimate of drug-likeness (QED) is 0.601. The third-order valence-electron chi connectivity index (χ3n) is 4.33. The predicted octanol–water partition coefficient (Wildman–Crippen LogP) is 4.81. The molecule has 4 nitrogen and oxygen atoms in total. The van der Waals surface area contributed by atoms with Crippen LogP contribution in [0.1, 0.15) is 16.9 Å². The second-order valence-corrected chi connectivity index (χ2v) is 7.21. The van der Waals surface area contributed by atoms with Crippen molar-refractivity contribution in [1.29, 1.82) is 0 Å². The van der Waals surface area contributed by atoms with E-state index in [4.69, 9.17) is 4.42 Å². The average Bonchev–Trinajstić information content (AvgIpc) is 3.28. The van der Waals surface area contributed by atoms with Gasteiger partial charge in [0.15, 0.2) is 0 Å². The van der Waals surface area contributed by atoms with Gasteiger partial charge >= 0.3 is 0 Å². The fourth-order valence-electron chi connectivity index (χ4n) is 2.97. The number of anilines is 1. The summed E-state index contributed by atoms with van der Waals surface area (Å²) in [6.07, 6.45) is 1.60. The highest BCUT2D eigenvalue weighted by atomic mass is 32.2. The van der Waals surface area contributed by atoms with Crippen LogP contribution in [-0.2, 0) is 15.3 Å². The van der Waals surface area contributed by atoms with Gasteiger partial charge in [-0.25, -0.2) is 4.90 Å². The van der Waals surface area contributed by atoms with Crippen LogP contribution in [0, 0.1) is 6.92 Å². The van der Waals surface area contributed by atoms with E-state index < -0.39 is 0 Å². The van der Waals surface area contributed by atoms with Gasteiger partial charge in [-0.1, -0.05) is 48.0 Å². The van der Waals surface area contributed by atoms with Crippen molar-refractivity contribution in [3.8, 4) is 0 Å². The van der Waals surface area contributed by atoms with E-state index in [0.29, 0.717) is 21.9 Å². The van der Waals surface area contributed by atoms with Crippen molar-refractivity contribution < 1.29 is 14.0 Å². The standard InChI is InChI=1S/C22H17NO3S/c1-15-9-11-17(12-10-15)23-21(24)19(16-6-3-2-4-7-16)20(22(23)25)27-14-18-8-5-13-26-18/h2-13H,14H2,1H3. The zero-order valence-electron chi connectivity index (χ0n) is 14.7. The highest BCUT2D eigenvalue weighted by Gasteiger charge is 2.40. The predicted molar refractivity (Wildman–Crippen MR) is 107 cm³/mol. The first-order valence-corrected chi connectivity index (χ1v) is 9.54. The Kier molecular flexibility index (Phi) is 4.69. The van der Waals surface area contributed by atoms with Crippen molar-refractivity contribution in [3.63, 3.8) is 0 Å². The summed E-state index contributed by atoms with van der Waals surface area (Å²) < 4.78 is 5.37. The SMILES string of the molecule is Cc1ccc(N2C(=O)C(SCc3ccco3)=C(c3ccccc3)C2=O)cc1. The zero-order chi connectivity index (χ0) is 18.8. The Labute approximate surface area is 161 Å². The van der Waals surface area contributed by atoms with Crippen LogP contribution in [0.4, 0.5) is 5.69 Å². The molecular formula is C22H17NO3S. The Morgan fingerprint density at radius 2 is 1.63 bits per heavy atom. The van der Waals surface area contributed by atoms with E-state index in [9.17, 15) is 9.59 Å². The number of benzene rings is 2. The Bertz CT molecular complexity index is 1010. The molecule has 1 aliphatic rings. The molecule has 0 N–H and O–H groups in total. The Morgan fingerprint density at radius 3 is 2.30 bits per heavy atom. The molecule has 1 aromatic heterocycles. The number of carbonyl (C=O) groups excluding carboxylic acids is 2. The molecule has 0 aliphatic carbocycles. The number of hydrogen-bond donors (Lipinski definition) is 0. The molecule has 2 amide bonds. The lowest BCUT2D eigenvalue weighted by atomic mass is 10.1. The third kappa shape index (κ3) is 3.34. The van der Waals surface area contributed by atoms with Gasteiger partial charge in [0, 0.05) is 0 Å². The minimum absolute atomic E-state index is 0.292. The summed E-state index contributed by atoms with van der Waals surface area (Å²) in [5.41, 5.74) is 2.84. The molecule has 27 heavy (non-hydrogen) atoms. The molecule has 0 unspecified atom stereocenters. The lowest BCUT2D eigenvalue weighted by Gasteiger charge is -2.15. The molecule has 0 radical (unpaired) electrons. The highest BCUT2D eigenvalue weighted by molar-refractivity contribution is 8.03. The summed E-state index contributed by atoms with van der Waals surface area (Å²) in [6, 6.07) is 20.4. The molecule has 4 rings (SSSR count). The van der Waals surface area contributed by atoms with Crippen molar-refractivity contribution in [2.24, 2.45) is 0 Å². The first-order chi connectivity index (χ1) is 13.1. The molecule has 2 heterocycles. The highest BCUT2D eigenvalue weighted by Crippen LogP contribution is 2.39. The molecule has 0 saturated carbocycles. The molecule has 3 aromatic rings. The van der Waals surface area contributed by atoms with Crippen LogP contribution >= 0.6 is 11.8 Å². The molecule has 1 aliphatic heterocycles. The first kappa shape index (κ1) is 17.4. The summed E-state index contributed by atoms with van der Waals surface area (Å²) in [4.78, 5) is 28.0. The fourth-order valence-corrected chi connectivity index (χ4v) is 3.98. The maximum absolute atomic E-state index is 13.2. The van der Waals surface area contributed by atoms with Gasteiger partial charge in [-0.3, -0.25) is 9.59 Å². The number of amides is 2.